The molecule has 0 fully saturated rings. The molecule has 4 aromatic rings. The second-order valence-electron chi connectivity index (χ2n) is 7.14. The number of ether oxygens (including phenoxy) is 1. The number of hydrogen-bond acceptors (Lipinski definition) is 5. The zero-order chi connectivity index (χ0) is 21.6. The summed E-state index contributed by atoms with van der Waals surface area (Å²) in [4.78, 5) is 19.5. The van der Waals surface area contributed by atoms with Gasteiger partial charge < -0.3 is 15.0 Å². The van der Waals surface area contributed by atoms with Crippen LogP contribution < -0.4 is 15.0 Å². The number of aromatic nitrogens is 3. The molecule has 1 amide bonds. The van der Waals surface area contributed by atoms with Crippen molar-refractivity contribution in [3.63, 3.8) is 0 Å². The summed E-state index contributed by atoms with van der Waals surface area (Å²) in [7, 11) is 3.73. The van der Waals surface area contributed by atoms with Gasteiger partial charge in [0, 0.05) is 44.5 Å². The van der Waals surface area contributed by atoms with Gasteiger partial charge in [-0.2, -0.15) is 10.1 Å². The second kappa shape index (κ2) is 9.13. The lowest BCUT2D eigenvalue weighted by atomic mass is 10.2. The summed E-state index contributed by atoms with van der Waals surface area (Å²) in [5.41, 5.74) is 1.57. The van der Waals surface area contributed by atoms with Gasteiger partial charge in [0.2, 0.25) is 5.88 Å². The molecule has 0 radical (unpaired) electrons. The molecule has 0 unspecified atom stereocenters. The van der Waals surface area contributed by atoms with E-state index in [1.54, 1.807) is 36.1 Å². The molecular weight excluding hydrogens is 390 g/mol. The number of amides is 1. The molecule has 7 nitrogen and oxygen atoms in total. The normalized spacial score (nSPS) is 10.5. The maximum Gasteiger partial charge on any atom is 0.257 e. The third kappa shape index (κ3) is 5.27. The number of rotatable bonds is 7. The summed E-state index contributed by atoms with van der Waals surface area (Å²) in [6.07, 6.45) is 1.77. The number of aryl methyl sites for hydroxylation is 1. The van der Waals surface area contributed by atoms with Crippen LogP contribution in [0.1, 0.15) is 15.9 Å². The Hall–Kier alpha value is -4.13. The summed E-state index contributed by atoms with van der Waals surface area (Å²) in [5, 5.41) is 7.02. The van der Waals surface area contributed by atoms with Gasteiger partial charge in [0.1, 0.15) is 11.6 Å². The number of nitrogens with one attached hydrogen (secondary N) is 1. The molecule has 1 N–H and O–H groups in total. The average Bonchev–Trinajstić information content (AvgIpc) is 3.19. The highest BCUT2D eigenvalue weighted by atomic mass is 16.5. The summed E-state index contributed by atoms with van der Waals surface area (Å²) >= 11 is 0. The Balaban J connectivity index is 1.63. The lowest BCUT2D eigenvalue weighted by Gasteiger charge is -2.20. The molecule has 0 spiro atoms. The van der Waals surface area contributed by atoms with E-state index in [1.807, 2.05) is 60.5 Å². The van der Waals surface area contributed by atoms with Crippen molar-refractivity contribution in [3.05, 3.63) is 96.2 Å². The molecule has 0 aliphatic rings. The van der Waals surface area contributed by atoms with Crippen LogP contribution in [0.25, 0.3) is 0 Å². The fourth-order valence-electron chi connectivity index (χ4n) is 3.09. The van der Waals surface area contributed by atoms with E-state index in [0.29, 0.717) is 35.4 Å². The molecule has 0 saturated carbocycles. The molecule has 31 heavy (non-hydrogen) atoms. The minimum absolute atomic E-state index is 0.284. The van der Waals surface area contributed by atoms with E-state index >= 15 is 0 Å². The van der Waals surface area contributed by atoms with Crippen LogP contribution in [0.5, 0.6) is 11.6 Å². The van der Waals surface area contributed by atoms with Crippen LogP contribution >= 0.6 is 0 Å². The lowest BCUT2D eigenvalue weighted by molar-refractivity contribution is 0.102. The van der Waals surface area contributed by atoms with Gasteiger partial charge in [-0.25, -0.2) is 0 Å². The Labute approximate surface area is 180 Å². The Morgan fingerprint density at radius 3 is 2.42 bits per heavy atom. The van der Waals surface area contributed by atoms with Gasteiger partial charge in [-0.1, -0.05) is 48.5 Å². The molecule has 2 heterocycles. The largest absolute Gasteiger partial charge is 0.439 e. The first-order valence-corrected chi connectivity index (χ1v) is 9.88. The average molecular weight is 413 g/mol. The van der Waals surface area contributed by atoms with Crippen molar-refractivity contribution in [1.29, 1.82) is 0 Å². The first-order valence-electron chi connectivity index (χ1n) is 9.88. The first kappa shape index (κ1) is 20.2. The number of pyridine rings is 1. The van der Waals surface area contributed by atoms with E-state index in [9.17, 15) is 4.79 Å². The van der Waals surface area contributed by atoms with E-state index in [1.165, 1.54) is 0 Å². The molecular formula is C24H23N5O2. The van der Waals surface area contributed by atoms with E-state index < -0.39 is 0 Å². The first-order chi connectivity index (χ1) is 15.1. The summed E-state index contributed by atoms with van der Waals surface area (Å²) in [6, 6.07) is 24.6. The molecule has 0 atom stereocenters. The van der Waals surface area contributed by atoms with Gasteiger partial charge in [-0.3, -0.25) is 9.48 Å². The summed E-state index contributed by atoms with van der Waals surface area (Å²) in [6.45, 7) is 0.643. The van der Waals surface area contributed by atoms with Crippen molar-refractivity contribution < 1.29 is 9.53 Å². The van der Waals surface area contributed by atoms with Gasteiger partial charge in [0.25, 0.3) is 5.91 Å². The van der Waals surface area contributed by atoms with Crippen LogP contribution in [0.2, 0.25) is 0 Å². The Morgan fingerprint density at radius 1 is 1.03 bits per heavy atom. The van der Waals surface area contributed by atoms with Crippen molar-refractivity contribution in [3.8, 4) is 11.6 Å². The number of anilines is 2. The van der Waals surface area contributed by atoms with Crippen molar-refractivity contribution in [2.24, 2.45) is 7.05 Å². The molecule has 7 heteroatoms. The van der Waals surface area contributed by atoms with E-state index in [0.717, 1.165) is 5.56 Å². The fourth-order valence-corrected chi connectivity index (χ4v) is 3.09. The highest BCUT2D eigenvalue weighted by Crippen LogP contribution is 2.25. The summed E-state index contributed by atoms with van der Waals surface area (Å²) in [5.74, 6) is 1.81. The number of carbonyl (C=O) groups excluding carboxylic acids is 1. The minimum atomic E-state index is -0.284. The number of carbonyl (C=O) groups is 1. The molecule has 0 aliphatic heterocycles. The van der Waals surface area contributed by atoms with Crippen LogP contribution in [0, 0.1) is 0 Å². The predicted molar refractivity (Wildman–Crippen MR) is 120 cm³/mol. The summed E-state index contributed by atoms with van der Waals surface area (Å²) < 4.78 is 7.56. The SMILES string of the molecule is CN(Cc1ccccc1)c1cc(C(=O)Nc2ccn(C)n2)cc(Oc2ccccc2)n1. The highest BCUT2D eigenvalue weighted by molar-refractivity contribution is 6.04. The van der Waals surface area contributed by atoms with Gasteiger partial charge in [-0.15, -0.1) is 0 Å². The zero-order valence-electron chi connectivity index (χ0n) is 17.4. The fraction of sp³-hybridized carbons (Fsp3) is 0.125. The van der Waals surface area contributed by atoms with E-state index in [-0.39, 0.29) is 5.91 Å². The highest BCUT2D eigenvalue weighted by Gasteiger charge is 2.15. The predicted octanol–water partition coefficient (Wildman–Crippen LogP) is 4.50. The molecule has 156 valence electrons. The molecule has 0 saturated heterocycles. The van der Waals surface area contributed by atoms with Gasteiger partial charge >= 0.3 is 0 Å². The van der Waals surface area contributed by atoms with Crippen LogP contribution in [-0.2, 0) is 13.6 Å². The van der Waals surface area contributed by atoms with Crippen molar-refractivity contribution >= 4 is 17.5 Å². The topological polar surface area (TPSA) is 72.3 Å². The standard InChI is InChI=1S/C24H23N5O2/c1-28(17-18-9-5-3-6-10-18)22-15-19(24(30)25-21-13-14-29(2)27-21)16-23(26-22)31-20-11-7-4-8-12-20/h3-16H,17H2,1-2H3,(H,25,27,30). The van der Waals surface area contributed by atoms with Gasteiger partial charge in [0.05, 0.1) is 0 Å². The monoisotopic (exact) mass is 413 g/mol. The maximum atomic E-state index is 12.9. The van der Waals surface area contributed by atoms with E-state index in [2.05, 4.69) is 27.5 Å². The van der Waals surface area contributed by atoms with Crippen molar-refractivity contribution in [2.75, 3.05) is 17.3 Å². The Kier molecular flexibility index (Phi) is 5.93. The number of para-hydroxylation sites is 1. The smallest absolute Gasteiger partial charge is 0.257 e. The molecule has 2 aromatic carbocycles. The third-order valence-corrected chi connectivity index (χ3v) is 4.63. The minimum Gasteiger partial charge on any atom is -0.439 e. The van der Waals surface area contributed by atoms with Crippen molar-refractivity contribution in [2.45, 2.75) is 6.54 Å². The van der Waals surface area contributed by atoms with Gasteiger partial charge in [0.15, 0.2) is 5.82 Å². The van der Waals surface area contributed by atoms with Crippen LogP contribution in [0.15, 0.2) is 85.1 Å². The molecule has 0 bridgehead atoms. The van der Waals surface area contributed by atoms with Crippen LogP contribution in [0.3, 0.4) is 0 Å². The van der Waals surface area contributed by atoms with E-state index in [4.69, 9.17) is 4.74 Å². The number of nitrogens with zero attached hydrogens (tertiary/aromatic N) is 4. The molecule has 0 aliphatic carbocycles. The molecule has 2 aromatic heterocycles. The lowest BCUT2D eigenvalue weighted by Crippen LogP contribution is -2.19. The Morgan fingerprint density at radius 2 is 1.74 bits per heavy atom. The number of benzene rings is 2. The second-order valence-corrected chi connectivity index (χ2v) is 7.14. The quantitative estimate of drug-likeness (QED) is 0.483. The van der Waals surface area contributed by atoms with Crippen molar-refractivity contribution in [1.82, 2.24) is 14.8 Å². The maximum absolute atomic E-state index is 12.9. The van der Waals surface area contributed by atoms with Crippen LogP contribution in [-0.4, -0.2) is 27.7 Å². The zero-order valence-corrected chi connectivity index (χ0v) is 17.4. The van der Waals surface area contributed by atoms with Gasteiger partial charge in [-0.05, 0) is 23.8 Å². The Bertz CT molecular complexity index is 1160. The number of hydrogen-bond donors (Lipinski definition) is 1. The third-order valence-electron chi connectivity index (χ3n) is 4.63. The molecule has 4 rings (SSSR count). The van der Waals surface area contributed by atoms with Crippen LogP contribution in [0.4, 0.5) is 11.6 Å².